The van der Waals surface area contributed by atoms with Crippen LogP contribution in [0.5, 0.6) is 0 Å². The molecule has 31 heavy (non-hydrogen) atoms. The van der Waals surface area contributed by atoms with Crippen LogP contribution in [-0.4, -0.2) is 11.8 Å². The third kappa shape index (κ3) is 3.00. The molecule has 1 aliphatic heterocycles. The number of amides is 2. The van der Waals surface area contributed by atoms with Gasteiger partial charge in [-0.25, -0.2) is 4.39 Å². The second kappa shape index (κ2) is 6.80. The second-order valence-corrected chi connectivity index (χ2v) is 10.4. The van der Waals surface area contributed by atoms with E-state index in [1.807, 2.05) is 6.07 Å². The minimum Gasteiger partial charge on any atom is -0.341 e. The van der Waals surface area contributed by atoms with Crippen molar-refractivity contribution in [3.63, 3.8) is 0 Å². The lowest BCUT2D eigenvalue weighted by Gasteiger charge is -2.55. The number of halogens is 2. The molecule has 4 nitrogen and oxygen atoms in total. The third-order valence-electron chi connectivity index (χ3n) is 7.95. The van der Waals surface area contributed by atoms with Gasteiger partial charge in [-0.3, -0.25) is 9.59 Å². The summed E-state index contributed by atoms with van der Waals surface area (Å²) in [5, 5.41) is 6.47. The van der Waals surface area contributed by atoms with Crippen LogP contribution in [-0.2, 0) is 4.79 Å². The summed E-state index contributed by atoms with van der Waals surface area (Å²) >= 11 is 6.35. The Morgan fingerprint density at radius 1 is 1.06 bits per heavy atom. The van der Waals surface area contributed by atoms with Gasteiger partial charge in [0, 0.05) is 27.4 Å². The molecule has 0 aromatic heterocycles. The van der Waals surface area contributed by atoms with Gasteiger partial charge >= 0.3 is 0 Å². The van der Waals surface area contributed by atoms with Gasteiger partial charge in [0.15, 0.2) is 0 Å². The fourth-order valence-electron chi connectivity index (χ4n) is 7.08. The molecular weight excluding hydrogens is 415 g/mol. The first-order valence-electron chi connectivity index (χ1n) is 11.1. The van der Waals surface area contributed by atoms with Gasteiger partial charge in [-0.1, -0.05) is 17.7 Å². The van der Waals surface area contributed by atoms with Gasteiger partial charge in [0.2, 0.25) is 5.91 Å². The molecule has 1 atom stereocenters. The van der Waals surface area contributed by atoms with Gasteiger partial charge in [-0.15, -0.1) is 0 Å². The number of hydrogen-bond donors (Lipinski definition) is 2. The minimum absolute atomic E-state index is 0.0726. The summed E-state index contributed by atoms with van der Waals surface area (Å²) in [5.74, 6) is 1.41. The van der Waals surface area contributed by atoms with Crippen molar-refractivity contribution in [2.75, 3.05) is 5.32 Å². The van der Waals surface area contributed by atoms with E-state index in [4.69, 9.17) is 11.6 Å². The van der Waals surface area contributed by atoms with E-state index in [2.05, 4.69) is 10.6 Å². The highest BCUT2D eigenvalue weighted by atomic mass is 35.5. The lowest BCUT2D eigenvalue weighted by atomic mass is 9.49. The predicted molar refractivity (Wildman–Crippen MR) is 116 cm³/mol. The molecule has 2 aromatic rings. The zero-order valence-corrected chi connectivity index (χ0v) is 17.8. The Morgan fingerprint density at radius 3 is 2.42 bits per heavy atom. The first kappa shape index (κ1) is 19.3. The molecule has 2 aromatic carbocycles. The number of anilines is 1. The Morgan fingerprint density at radius 2 is 1.74 bits per heavy atom. The van der Waals surface area contributed by atoms with E-state index in [-0.39, 0.29) is 17.2 Å². The van der Waals surface area contributed by atoms with Crippen molar-refractivity contribution >= 4 is 29.1 Å². The maximum Gasteiger partial charge on any atom is 0.252 e. The van der Waals surface area contributed by atoms with Crippen LogP contribution in [0.2, 0.25) is 5.02 Å². The van der Waals surface area contributed by atoms with Crippen LogP contribution in [0.3, 0.4) is 0 Å². The van der Waals surface area contributed by atoms with Crippen molar-refractivity contribution < 1.29 is 14.0 Å². The minimum atomic E-state index is -0.599. The van der Waals surface area contributed by atoms with Crippen molar-refractivity contribution in [2.45, 2.75) is 44.6 Å². The van der Waals surface area contributed by atoms with Crippen LogP contribution >= 0.6 is 11.6 Å². The monoisotopic (exact) mass is 438 g/mol. The molecule has 2 N–H and O–H groups in total. The molecule has 7 rings (SSSR count). The normalized spacial score (nSPS) is 32.6. The summed E-state index contributed by atoms with van der Waals surface area (Å²) in [6.45, 7) is 0. The van der Waals surface area contributed by atoms with Gasteiger partial charge in [0.1, 0.15) is 5.82 Å². The topological polar surface area (TPSA) is 58.2 Å². The number of carbonyl (C=O) groups excluding carboxylic acids is 2. The first-order chi connectivity index (χ1) is 14.9. The highest BCUT2D eigenvalue weighted by Crippen LogP contribution is 2.60. The summed E-state index contributed by atoms with van der Waals surface area (Å²) in [6.07, 6.45) is 6.71. The molecular formula is C25H24ClFN2O2. The van der Waals surface area contributed by atoms with Crippen LogP contribution in [0.1, 0.15) is 66.1 Å². The van der Waals surface area contributed by atoms with Crippen LogP contribution in [0, 0.1) is 29.0 Å². The van der Waals surface area contributed by atoms with Gasteiger partial charge in [0.05, 0.1) is 11.5 Å². The lowest BCUT2D eigenvalue weighted by molar-refractivity contribution is -0.140. The van der Waals surface area contributed by atoms with Crippen molar-refractivity contribution in [3.8, 4) is 0 Å². The summed E-state index contributed by atoms with van der Waals surface area (Å²) in [5.41, 5.74) is 1.97. The smallest absolute Gasteiger partial charge is 0.252 e. The fraction of sp³-hybridized carbons (Fsp3) is 0.440. The highest BCUT2D eigenvalue weighted by Gasteiger charge is 2.54. The number of nitrogens with one attached hydrogen (secondary N) is 2. The molecule has 4 saturated carbocycles. The quantitative estimate of drug-likeness (QED) is 0.667. The molecule has 160 valence electrons. The van der Waals surface area contributed by atoms with Gasteiger partial charge in [-0.05, 0) is 86.6 Å². The zero-order valence-electron chi connectivity index (χ0n) is 17.1. The number of rotatable bonds is 3. The Bertz CT molecular complexity index is 1080. The van der Waals surface area contributed by atoms with Crippen molar-refractivity contribution in [1.29, 1.82) is 0 Å². The SMILES string of the molecule is O=C1NC(c2cc(F)ccc2Cl)c2c(NC(=O)C34CC5CC(CC(C5)C3)C4)cccc21. The highest BCUT2D eigenvalue weighted by molar-refractivity contribution is 6.31. The third-order valence-corrected chi connectivity index (χ3v) is 8.30. The Labute approximate surface area is 185 Å². The van der Waals surface area contributed by atoms with E-state index in [0.717, 1.165) is 19.3 Å². The average Bonchev–Trinajstić information content (AvgIpc) is 3.06. The number of carbonyl (C=O) groups is 2. The molecule has 4 bridgehead atoms. The summed E-state index contributed by atoms with van der Waals surface area (Å²) in [7, 11) is 0. The maximum atomic E-state index is 14.0. The van der Waals surface area contributed by atoms with Gasteiger partial charge in [-0.2, -0.15) is 0 Å². The van der Waals surface area contributed by atoms with Crippen LogP contribution < -0.4 is 10.6 Å². The van der Waals surface area contributed by atoms with Crippen molar-refractivity contribution in [2.24, 2.45) is 23.2 Å². The van der Waals surface area contributed by atoms with Crippen molar-refractivity contribution in [1.82, 2.24) is 5.32 Å². The van der Waals surface area contributed by atoms with Gasteiger partial charge in [0.25, 0.3) is 5.91 Å². The van der Waals surface area contributed by atoms with E-state index in [0.29, 0.717) is 45.2 Å². The zero-order chi connectivity index (χ0) is 21.3. The molecule has 1 heterocycles. The molecule has 1 unspecified atom stereocenters. The summed E-state index contributed by atoms with van der Waals surface area (Å²) in [6, 6.07) is 8.88. The molecule has 2 amide bonds. The number of fused-ring (bicyclic) bond motifs is 1. The largest absolute Gasteiger partial charge is 0.341 e. The van der Waals surface area contributed by atoms with E-state index in [9.17, 15) is 14.0 Å². The van der Waals surface area contributed by atoms with Crippen molar-refractivity contribution in [3.05, 3.63) is 63.9 Å². The second-order valence-electron chi connectivity index (χ2n) is 9.99. The van der Waals surface area contributed by atoms with E-state index in [1.165, 1.54) is 37.5 Å². The Hall–Kier alpha value is -2.40. The average molecular weight is 439 g/mol. The summed E-state index contributed by atoms with van der Waals surface area (Å²) < 4.78 is 14.0. The molecule has 0 radical (unpaired) electrons. The molecule has 4 aliphatic carbocycles. The molecule has 0 spiro atoms. The Balaban J connectivity index is 1.37. The van der Waals surface area contributed by atoms with E-state index < -0.39 is 11.9 Å². The first-order valence-corrected chi connectivity index (χ1v) is 11.5. The maximum absolute atomic E-state index is 14.0. The molecule has 5 aliphatic rings. The summed E-state index contributed by atoms with van der Waals surface area (Å²) in [4.78, 5) is 26.3. The Kier molecular flexibility index (Phi) is 4.23. The van der Waals surface area contributed by atoms with Crippen LogP contribution in [0.15, 0.2) is 36.4 Å². The number of hydrogen-bond acceptors (Lipinski definition) is 2. The lowest BCUT2D eigenvalue weighted by Crippen LogP contribution is -2.51. The molecule has 0 saturated heterocycles. The number of benzene rings is 2. The van der Waals surface area contributed by atoms with Gasteiger partial charge < -0.3 is 10.6 Å². The molecule has 4 fully saturated rings. The predicted octanol–water partition coefficient (Wildman–Crippen LogP) is 5.47. The standard InChI is InChI=1S/C25H24ClFN2O2/c26-19-5-4-16(27)9-18(19)22-21-17(23(30)29-22)2-1-3-20(21)28-24(31)25-10-13-6-14(11-25)8-15(7-13)12-25/h1-5,9,13-15,22H,6-8,10-12H2,(H,28,31)(H,29,30). The molecule has 6 heteroatoms. The van der Waals surface area contributed by atoms with E-state index in [1.54, 1.807) is 12.1 Å². The van der Waals surface area contributed by atoms with Crippen LogP contribution in [0.4, 0.5) is 10.1 Å². The van der Waals surface area contributed by atoms with Crippen LogP contribution in [0.25, 0.3) is 0 Å². The van der Waals surface area contributed by atoms with E-state index >= 15 is 0 Å². The fourth-order valence-corrected chi connectivity index (χ4v) is 7.30.